The Kier molecular flexibility index (Phi) is 5.94. The van der Waals surface area contributed by atoms with Crippen LogP contribution in [0.15, 0.2) is 82.5 Å². The first-order valence-electron chi connectivity index (χ1n) is 11.1. The number of aliphatic hydroxyl groups excluding tert-OH is 1. The van der Waals surface area contributed by atoms with E-state index >= 15 is 0 Å². The molecule has 5 rings (SSSR count). The Morgan fingerprint density at radius 2 is 1.69 bits per heavy atom. The third-order valence-corrected chi connectivity index (χ3v) is 6.41. The lowest BCUT2D eigenvalue weighted by molar-refractivity contribution is -0.117. The maximum Gasteiger partial charge on any atom is 0.294 e. The second-order valence-electron chi connectivity index (χ2n) is 8.41. The molecule has 0 fully saturated rings. The number of nitrogens with zero attached hydrogens (tertiary/aromatic N) is 1. The van der Waals surface area contributed by atoms with Gasteiger partial charge >= 0.3 is 0 Å². The Hall–Kier alpha value is -4.23. The molecule has 36 heavy (non-hydrogen) atoms. The molecule has 1 aliphatic heterocycles. The van der Waals surface area contributed by atoms with Gasteiger partial charge in [-0.2, -0.15) is 0 Å². The van der Waals surface area contributed by atoms with Gasteiger partial charge < -0.3 is 19.0 Å². The molecule has 182 valence electrons. The van der Waals surface area contributed by atoms with E-state index in [1.165, 1.54) is 18.1 Å². The molecule has 0 radical (unpaired) electrons. The second kappa shape index (κ2) is 9.09. The van der Waals surface area contributed by atoms with Gasteiger partial charge in [-0.25, -0.2) is 0 Å². The number of rotatable bonds is 6. The van der Waals surface area contributed by atoms with Crippen LogP contribution in [0.5, 0.6) is 11.5 Å². The number of aryl methyl sites for hydroxylation is 1. The highest BCUT2D eigenvalue weighted by atomic mass is 35.5. The zero-order valence-electron chi connectivity index (χ0n) is 19.7. The van der Waals surface area contributed by atoms with E-state index in [9.17, 15) is 14.7 Å². The van der Waals surface area contributed by atoms with E-state index in [0.717, 1.165) is 5.56 Å². The number of aliphatic hydroxyl groups is 1. The van der Waals surface area contributed by atoms with Crippen LogP contribution in [0.4, 0.5) is 5.69 Å². The molecule has 1 atom stereocenters. The van der Waals surface area contributed by atoms with E-state index in [4.69, 9.17) is 25.5 Å². The van der Waals surface area contributed by atoms with E-state index in [1.807, 2.05) is 19.1 Å². The van der Waals surface area contributed by atoms with Gasteiger partial charge in [0.15, 0.2) is 22.9 Å². The van der Waals surface area contributed by atoms with Gasteiger partial charge in [0, 0.05) is 22.2 Å². The Balaban J connectivity index is 1.65. The summed E-state index contributed by atoms with van der Waals surface area (Å²) >= 11 is 6.17. The van der Waals surface area contributed by atoms with Crippen molar-refractivity contribution in [1.29, 1.82) is 0 Å². The number of carbonyl (C=O) groups is 2. The van der Waals surface area contributed by atoms with E-state index in [2.05, 4.69) is 0 Å². The van der Waals surface area contributed by atoms with Gasteiger partial charge in [-0.1, -0.05) is 41.4 Å². The van der Waals surface area contributed by atoms with Crippen molar-refractivity contribution in [3.05, 3.63) is 100.0 Å². The molecule has 0 bridgehead atoms. The number of furan rings is 1. The van der Waals surface area contributed by atoms with Crippen molar-refractivity contribution < 1.29 is 28.6 Å². The molecular formula is C28H22ClNO6. The molecular weight excluding hydrogens is 482 g/mol. The molecule has 1 aliphatic rings. The minimum absolute atomic E-state index is 0.0517. The molecule has 1 amide bonds. The predicted molar refractivity (Wildman–Crippen MR) is 136 cm³/mol. The standard InChI is InChI=1S/C28H22ClNO6/c1-15-4-8-19(9-5-15)30-24(16-6-10-20(34-2)11-7-16)23(26(32)28(30)33)25(31)21-13-17-12-18(29)14-22(35-3)27(17)36-21/h4-14,24,32H,1-3H3. The molecule has 0 saturated heterocycles. The minimum atomic E-state index is -0.891. The maximum absolute atomic E-state index is 13.8. The second-order valence-corrected chi connectivity index (χ2v) is 8.85. The van der Waals surface area contributed by atoms with Crippen molar-refractivity contribution in [2.75, 3.05) is 19.1 Å². The average molecular weight is 504 g/mol. The van der Waals surface area contributed by atoms with Crippen LogP contribution in [0.25, 0.3) is 11.0 Å². The normalized spacial score (nSPS) is 15.6. The number of hydrogen-bond donors (Lipinski definition) is 1. The lowest BCUT2D eigenvalue weighted by Gasteiger charge is -2.27. The Morgan fingerprint density at radius 3 is 2.33 bits per heavy atom. The summed E-state index contributed by atoms with van der Waals surface area (Å²) in [6, 6.07) is 18.1. The molecule has 0 spiro atoms. The van der Waals surface area contributed by atoms with Crippen molar-refractivity contribution in [1.82, 2.24) is 0 Å². The van der Waals surface area contributed by atoms with E-state index in [-0.39, 0.29) is 11.3 Å². The monoisotopic (exact) mass is 503 g/mol. The zero-order valence-corrected chi connectivity index (χ0v) is 20.5. The van der Waals surface area contributed by atoms with Gasteiger partial charge in [0.2, 0.25) is 5.78 Å². The molecule has 2 heterocycles. The maximum atomic E-state index is 13.8. The van der Waals surface area contributed by atoms with E-state index < -0.39 is 23.5 Å². The molecule has 1 N–H and O–H groups in total. The summed E-state index contributed by atoms with van der Waals surface area (Å²) in [5.74, 6) is -1.00. The number of fused-ring (bicyclic) bond motifs is 1. The Bertz CT molecular complexity index is 1520. The first kappa shape index (κ1) is 23.5. The number of carbonyl (C=O) groups excluding carboxylic acids is 2. The number of halogens is 1. The highest BCUT2D eigenvalue weighted by molar-refractivity contribution is 6.31. The van der Waals surface area contributed by atoms with Gasteiger partial charge in [0.25, 0.3) is 5.91 Å². The van der Waals surface area contributed by atoms with E-state index in [0.29, 0.717) is 38.7 Å². The molecule has 3 aromatic carbocycles. The van der Waals surface area contributed by atoms with Gasteiger partial charge in [-0.15, -0.1) is 0 Å². The molecule has 0 aliphatic carbocycles. The van der Waals surface area contributed by atoms with Crippen LogP contribution in [-0.2, 0) is 4.79 Å². The van der Waals surface area contributed by atoms with Crippen LogP contribution in [0.1, 0.15) is 27.7 Å². The minimum Gasteiger partial charge on any atom is -0.503 e. The number of hydrogen-bond acceptors (Lipinski definition) is 6. The molecule has 0 saturated carbocycles. The first-order chi connectivity index (χ1) is 17.3. The Morgan fingerprint density at radius 1 is 1.00 bits per heavy atom. The van der Waals surface area contributed by atoms with Gasteiger partial charge in [0.1, 0.15) is 5.75 Å². The average Bonchev–Trinajstić information content (AvgIpc) is 3.42. The van der Waals surface area contributed by atoms with Crippen LogP contribution in [0.3, 0.4) is 0 Å². The van der Waals surface area contributed by atoms with Crippen molar-refractivity contribution >= 4 is 39.9 Å². The summed E-state index contributed by atoms with van der Waals surface area (Å²) in [4.78, 5) is 28.5. The quantitative estimate of drug-likeness (QED) is 0.315. The van der Waals surface area contributed by atoms with Crippen LogP contribution in [0, 0.1) is 6.92 Å². The summed E-state index contributed by atoms with van der Waals surface area (Å²) in [5.41, 5.74) is 2.42. The van der Waals surface area contributed by atoms with Gasteiger partial charge in [0.05, 0.1) is 25.8 Å². The summed E-state index contributed by atoms with van der Waals surface area (Å²) in [6.45, 7) is 1.93. The van der Waals surface area contributed by atoms with Gasteiger partial charge in [-0.3, -0.25) is 14.5 Å². The zero-order chi connectivity index (χ0) is 25.6. The fraction of sp³-hybridized carbons (Fsp3) is 0.143. The number of benzene rings is 3. The van der Waals surface area contributed by atoms with Crippen molar-refractivity contribution in [3.8, 4) is 11.5 Å². The highest BCUT2D eigenvalue weighted by Gasteiger charge is 2.45. The highest BCUT2D eigenvalue weighted by Crippen LogP contribution is 2.43. The van der Waals surface area contributed by atoms with Crippen molar-refractivity contribution in [2.24, 2.45) is 0 Å². The predicted octanol–water partition coefficient (Wildman–Crippen LogP) is 6.19. The van der Waals surface area contributed by atoms with Crippen LogP contribution >= 0.6 is 11.6 Å². The SMILES string of the molecule is COc1ccc(C2C(C(=O)c3cc4cc(Cl)cc(OC)c4o3)=C(O)C(=O)N2c2ccc(C)cc2)cc1. The smallest absolute Gasteiger partial charge is 0.294 e. The molecule has 7 nitrogen and oxygen atoms in total. The lowest BCUT2D eigenvalue weighted by atomic mass is 9.94. The third kappa shape index (κ3) is 3.87. The summed E-state index contributed by atoms with van der Waals surface area (Å²) in [7, 11) is 3.02. The topological polar surface area (TPSA) is 89.2 Å². The van der Waals surface area contributed by atoms with Crippen LogP contribution < -0.4 is 14.4 Å². The van der Waals surface area contributed by atoms with Crippen LogP contribution in [-0.4, -0.2) is 31.0 Å². The van der Waals surface area contributed by atoms with Crippen molar-refractivity contribution in [3.63, 3.8) is 0 Å². The number of ketones is 1. The van der Waals surface area contributed by atoms with Gasteiger partial charge in [-0.05, 0) is 48.9 Å². The number of ether oxygens (including phenoxy) is 2. The summed E-state index contributed by atoms with van der Waals surface area (Å²) in [6.07, 6.45) is 0. The number of anilines is 1. The molecule has 4 aromatic rings. The summed E-state index contributed by atoms with van der Waals surface area (Å²) < 4.78 is 16.4. The molecule has 1 unspecified atom stereocenters. The number of amides is 1. The largest absolute Gasteiger partial charge is 0.503 e. The first-order valence-corrected chi connectivity index (χ1v) is 11.5. The van der Waals surface area contributed by atoms with Crippen LogP contribution in [0.2, 0.25) is 5.02 Å². The summed E-state index contributed by atoms with van der Waals surface area (Å²) in [5, 5.41) is 12.0. The number of methoxy groups -OCH3 is 2. The molecule has 1 aromatic heterocycles. The lowest BCUT2D eigenvalue weighted by Crippen LogP contribution is -2.31. The fourth-order valence-corrected chi connectivity index (χ4v) is 4.61. The number of Topliss-reactive ketones (excluding diaryl/α,β-unsaturated/α-hetero) is 1. The molecule has 8 heteroatoms. The fourth-order valence-electron chi connectivity index (χ4n) is 4.39. The van der Waals surface area contributed by atoms with Crippen molar-refractivity contribution in [2.45, 2.75) is 13.0 Å². The third-order valence-electron chi connectivity index (χ3n) is 6.19. The Labute approximate surface area is 212 Å². The van der Waals surface area contributed by atoms with E-state index in [1.54, 1.807) is 55.6 Å².